The predicted molar refractivity (Wildman–Crippen MR) is 70.9 cm³/mol. The highest BCUT2D eigenvalue weighted by Gasteiger charge is 2.10. The molecule has 0 spiro atoms. The Morgan fingerprint density at radius 1 is 1.35 bits per heavy atom. The molecule has 1 aromatic rings. The smallest absolute Gasteiger partial charge is 0.166 e. The molecule has 0 aliphatic rings. The van der Waals surface area contributed by atoms with Gasteiger partial charge in [-0.1, -0.05) is 23.2 Å². The van der Waals surface area contributed by atoms with Crippen molar-refractivity contribution in [2.24, 2.45) is 0 Å². The van der Waals surface area contributed by atoms with Gasteiger partial charge in [-0.15, -0.1) is 0 Å². The first-order valence-corrected chi connectivity index (χ1v) is 5.97. The van der Waals surface area contributed by atoms with E-state index in [1.165, 1.54) is 12.1 Å². The van der Waals surface area contributed by atoms with Crippen molar-refractivity contribution in [3.8, 4) is 0 Å². The molecule has 0 unspecified atom stereocenters. The summed E-state index contributed by atoms with van der Waals surface area (Å²) in [6.45, 7) is 0.425. The zero-order valence-corrected chi connectivity index (χ0v) is 11.1. The van der Waals surface area contributed by atoms with Crippen molar-refractivity contribution in [3.05, 3.63) is 33.6 Å². The van der Waals surface area contributed by atoms with Crippen LogP contribution >= 0.6 is 35.4 Å². The van der Waals surface area contributed by atoms with E-state index in [2.05, 4.69) is 10.6 Å². The summed E-state index contributed by atoms with van der Waals surface area (Å²) in [5, 5.41) is 14.8. The number of rotatable bonds is 4. The summed E-state index contributed by atoms with van der Waals surface area (Å²) in [4.78, 5) is 0. The zero-order chi connectivity index (χ0) is 12.8. The molecule has 1 rings (SSSR count). The molecule has 7 heteroatoms. The minimum atomic E-state index is -0.447. The SMILES string of the molecule is OCCNC(=S)NCc1c(F)ccc(Cl)c1Cl. The lowest BCUT2D eigenvalue weighted by Crippen LogP contribution is -2.36. The van der Waals surface area contributed by atoms with Crippen LogP contribution in [0.2, 0.25) is 10.0 Å². The van der Waals surface area contributed by atoms with Crippen molar-refractivity contribution in [1.82, 2.24) is 10.6 Å². The van der Waals surface area contributed by atoms with Gasteiger partial charge in [0.2, 0.25) is 0 Å². The molecule has 3 nitrogen and oxygen atoms in total. The molecule has 0 heterocycles. The average molecular weight is 297 g/mol. The molecular formula is C10H11Cl2FN2OS. The van der Waals surface area contributed by atoms with E-state index in [1.807, 2.05) is 0 Å². The third kappa shape index (κ3) is 4.27. The Kier molecular flexibility index (Phi) is 5.91. The largest absolute Gasteiger partial charge is 0.395 e. The maximum absolute atomic E-state index is 13.4. The molecule has 0 fully saturated rings. The summed E-state index contributed by atoms with van der Waals surface area (Å²) >= 11 is 16.6. The number of nitrogens with one attached hydrogen (secondary N) is 2. The lowest BCUT2D eigenvalue weighted by molar-refractivity contribution is 0.300. The van der Waals surface area contributed by atoms with Crippen molar-refractivity contribution in [1.29, 1.82) is 0 Å². The lowest BCUT2D eigenvalue weighted by Gasteiger charge is -2.11. The Labute approximate surface area is 114 Å². The van der Waals surface area contributed by atoms with Crippen LogP contribution in [0.1, 0.15) is 5.56 Å². The molecule has 1 aromatic carbocycles. The first-order chi connectivity index (χ1) is 8.06. The van der Waals surface area contributed by atoms with Crippen LogP contribution in [0.4, 0.5) is 4.39 Å². The number of thiocarbonyl (C=S) groups is 1. The molecule has 0 aliphatic heterocycles. The highest BCUT2D eigenvalue weighted by Crippen LogP contribution is 2.27. The molecule has 0 atom stereocenters. The minimum absolute atomic E-state index is 0.0336. The van der Waals surface area contributed by atoms with Gasteiger partial charge in [0.15, 0.2) is 5.11 Å². The third-order valence-electron chi connectivity index (χ3n) is 1.96. The van der Waals surface area contributed by atoms with Gasteiger partial charge in [-0.05, 0) is 24.4 Å². The number of aliphatic hydroxyl groups is 1. The number of aliphatic hydroxyl groups excluding tert-OH is 1. The average Bonchev–Trinajstić information content (AvgIpc) is 2.31. The third-order valence-corrected chi connectivity index (χ3v) is 3.09. The summed E-state index contributed by atoms with van der Waals surface area (Å²) in [6, 6.07) is 2.64. The van der Waals surface area contributed by atoms with Crippen LogP contribution in [0, 0.1) is 5.82 Å². The van der Waals surface area contributed by atoms with E-state index < -0.39 is 5.82 Å². The molecule has 0 saturated carbocycles. The first kappa shape index (κ1) is 14.4. The quantitative estimate of drug-likeness (QED) is 0.588. The molecule has 0 radical (unpaired) electrons. The van der Waals surface area contributed by atoms with Gasteiger partial charge in [-0.25, -0.2) is 4.39 Å². The summed E-state index contributed by atoms with van der Waals surface area (Å²) in [5.74, 6) is -0.447. The van der Waals surface area contributed by atoms with Crippen LogP contribution in [-0.4, -0.2) is 23.4 Å². The van der Waals surface area contributed by atoms with E-state index in [9.17, 15) is 4.39 Å². The lowest BCUT2D eigenvalue weighted by atomic mass is 10.2. The second-order valence-corrected chi connectivity index (χ2v) is 4.35. The maximum Gasteiger partial charge on any atom is 0.166 e. The fraction of sp³-hybridized carbons (Fsp3) is 0.300. The van der Waals surface area contributed by atoms with Gasteiger partial charge in [-0.2, -0.15) is 0 Å². The Bertz CT molecular complexity index is 418. The van der Waals surface area contributed by atoms with Crippen molar-refractivity contribution in [2.45, 2.75) is 6.54 Å². The van der Waals surface area contributed by atoms with Gasteiger partial charge in [0.25, 0.3) is 0 Å². The molecular weight excluding hydrogens is 286 g/mol. The van der Waals surface area contributed by atoms with Gasteiger partial charge < -0.3 is 15.7 Å². The normalized spacial score (nSPS) is 10.1. The fourth-order valence-corrected chi connectivity index (χ4v) is 1.70. The van der Waals surface area contributed by atoms with E-state index in [1.54, 1.807) is 0 Å². The van der Waals surface area contributed by atoms with E-state index in [0.717, 1.165) is 0 Å². The molecule has 0 saturated heterocycles. The number of benzene rings is 1. The molecule has 0 aliphatic carbocycles. The van der Waals surface area contributed by atoms with Crippen LogP contribution in [0.3, 0.4) is 0 Å². The first-order valence-electron chi connectivity index (χ1n) is 4.81. The highest BCUT2D eigenvalue weighted by molar-refractivity contribution is 7.80. The number of hydrogen-bond donors (Lipinski definition) is 3. The number of hydrogen-bond acceptors (Lipinski definition) is 2. The topological polar surface area (TPSA) is 44.3 Å². The van der Waals surface area contributed by atoms with Crippen LogP contribution in [0.5, 0.6) is 0 Å². The summed E-state index contributed by atoms with van der Waals surface area (Å²) < 4.78 is 13.4. The molecule has 0 amide bonds. The van der Waals surface area contributed by atoms with E-state index in [4.69, 9.17) is 40.5 Å². The zero-order valence-electron chi connectivity index (χ0n) is 8.77. The van der Waals surface area contributed by atoms with Gasteiger partial charge in [0, 0.05) is 18.7 Å². The Morgan fingerprint density at radius 3 is 2.71 bits per heavy atom. The summed E-state index contributed by atoms with van der Waals surface area (Å²) in [5.41, 5.74) is 0.257. The fourth-order valence-electron chi connectivity index (χ4n) is 1.13. The van der Waals surface area contributed by atoms with Gasteiger partial charge in [-0.3, -0.25) is 0 Å². The summed E-state index contributed by atoms with van der Waals surface area (Å²) in [7, 11) is 0. The summed E-state index contributed by atoms with van der Waals surface area (Å²) in [6.07, 6.45) is 0. The Morgan fingerprint density at radius 2 is 2.06 bits per heavy atom. The second-order valence-electron chi connectivity index (χ2n) is 3.15. The molecule has 3 N–H and O–H groups in total. The van der Waals surface area contributed by atoms with Crippen LogP contribution in [0.25, 0.3) is 0 Å². The Hall–Kier alpha value is -0.620. The van der Waals surface area contributed by atoms with Crippen LogP contribution in [0.15, 0.2) is 12.1 Å². The maximum atomic E-state index is 13.4. The molecule has 0 aromatic heterocycles. The van der Waals surface area contributed by atoms with Gasteiger partial charge in [0.1, 0.15) is 5.82 Å². The van der Waals surface area contributed by atoms with Crippen molar-refractivity contribution >= 4 is 40.5 Å². The van der Waals surface area contributed by atoms with Crippen molar-refractivity contribution in [3.63, 3.8) is 0 Å². The number of halogens is 3. The van der Waals surface area contributed by atoms with Crippen LogP contribution < -0.4 is 10.6 Å². The second kappa shape index (κ2) is 6.96. The van der Waals surface area contributed by atoms with Gasteiger partial charge in [0.05, 0.1) is 16.7 Å². The van der Waals surface area contributed by atoms with E-state index in [-0.39, 0.29) is 23.7 Å². The Balaban J connectivity index is 2.63. The van der Waals surface area contributed by atoms with E-state index >= 15 is 0 Å². The molecule has 0 bridgehead atoms. The van der Waals surface area contributed by atoms with Gasteiger partial charge >= 0.3 is 0 Å². The molecule has 17 heavy (non-hydrogen) atoms. The van der Waals surface area contributed by atoms with Crippen molar-refractivity contribution in [2.75, 3.05) is 13.2 Å². The van der Waals surface area contributed by atoms with E-state index in [0.29, 0.717) is 16.7 Å². The van der Waals surface area contributed by atoms with Crippen LogP contribution in [-0.2, 0) is 6.54 Å². The minimum Gasteiger partial charge on any atom is -0.395 e. The highest BCUT2D eigenvalue weighted by atomic mass is 35.5. The van der Waals surface area contributed by atoms with Crippen molar-refractivity contribution < 1.29 is 9.50 Å². The predicted octanol–water partition coefficient (Wildman–Crippen LogP) is 2.09. The monoisotopic (exact) mass is 296 g/mol. The molecule has 94 valence electrons. The standard InChI is InChI=1S/C10H11Cl2FN2OS/c11-7-1-2-8(13)6(9(7)12)5-15-10(17)14-3-4-16/h1-2,16H,3-5H2,(H2,14,15,17).